The summed E-state index contributed by atoms with van der Waals surface area (Å²) in [5.74, 6) is 0.233. The van der Waals surface area contributed by atoms with E-state index < -0.39 is 5.82 Å². The number of carbonyl (C=O) groups excluding carboxylic acids is 1. The Balaban J connectivity index is 1.92. The zero-order valence-corrected chi connectivity index (χ0v) is 11.9. The highest BCUT2D eigenvalue weighted by atomic mass is 32.2. The fourth-order valence-electron chi connectivity index (χ4n) is 1.46. The molecule has 6 nitrogen and oxygen atoms in total. The van der Waals surface area contributed by atoms with Crippen molar-refractivity contribution in [2.45, 2.75) is 12.1 Å². The smallest absolute Gasteiger partial charge is 0.234 e. The average molecular weight is 295 g/mol. The highest BCUT2D eigenvalue weighted by Gasteiger charge is 2.09. The predicted octanol–water partition coefficient (Wildman–Crippen LogP) is 1.58. The van der Waals surface area contributed by atoms with Gasteiger partial charge in [0.05, 0.1) is 11.4 Å². The molecule has 0 aliphatic carbocycles. The number of nitrogen functional groups attached to an aromatic ring is 1. The summed E-state index contributed by atoms with van der Waals surface area (Å²) in [5.41, 5.74) is 5.89. The van der Waals surface area contributed by atoms with Crippen LogP contribution in [0.25, 0.3) is 0 Å². The minimum absolute atomic E-state index is 0.000575. The van der Waals surface area contributed by atoms with Crippen LogP contribution in [-0.2, 0) is 11.8 Å². The SMILES string of the molecule is Cc1nnc(SCC(=O)Nc2ccc(F)c(N)c2)n1C. The lowest BCUT2D eigenvalue weighted by molar-refractivity contribution is -0.113. The normalized spacial score (nSPS) is 10.6. The molecule has 20 heavy (non-hydrogen) atoms. The largest absolute Gasteiger partial charge is 0.396 e. The molecular weight excluding hydrogens is 281 g/mol. The summed E-state index contributed by atoms with van der Waals surface area (Å²) in [6.45, 7) is 1.83. The summed E-state index contributed by atoms with van der Waals surface area (Å²) in [5, 5.41) is 11.2. The molecule has 0 saturated heterocycles. The van der Waals surface area contributed by atoms with Crippen LogP contribution < -0.4 is 11.1 Å². The second kappa shape index (κ2) is 5.91. The third-order valence-electron chi connectivity index (χ3n) is 2.66. The molecule has 0 aliphatic heterocycles. The van der Waals surface area contributed by atoms with Gasteiger partial charge in [0.25, 0.3) is 0 Å². The summed E-state index contributed by atoms with van der Waals surface area (Å²) in [6.07, 6.45) is 0. The van der Waals surface area contributed by atoms with Crippen LogP contribution in [0, 0.1) is 12.7 Å². The van der Waals surface area contributed by atoms with E-state index in [0.29, 0.717) is 10.8 Å². The number of rotatable bonds is 4. The van der Waals surface area contributed by atoms with Crippen LogP contribution >= 0.6 is 11.8 Å². The highest BCUT2D eigenvalue weighted by molar-refractivity contribution is 7.99. The van der Waals surface area contributed by atoms with E-state index in [1.807, 2.05) is 14.0 Å². The van der Waals surface area contributed by atoms with Gasteiger partial charge in [0.1, 0.15) is 11.6 Å². The number of nitrogens with zero attached hydrogens (tertiary/aromatic N) is 3. The van der Waals surface area contributed by atoms with Crippen LogP contribution in [0.3, 0.4) is 0 Å². The molecule has 1 heterocycles. The van der Waals surface area contributed by atoms with Crippen molar-refractivity contribution >= 4 is 29.0 Å². The van der Waals surface area contributed by atoms with Crippen molar-refractivity contribution in [1.82, 2.24) is 14.8 Å². The van der Waals surface area contributed by atoms with E-state index >= 15 is 0 Å². The zero-order valence-electron chi connectivity index (χ0n) is 11.1. The van der Waals surface area contributed by atoms with Gasteiger partial charge in [-0.15, -0.1) is 10.2 Å². The Morgan fingerprint density at radius 1 is 1.50 bits per heavy atom. The molecule has 3 N–H and O–H groups in total. The fraction of sp³-hybridized carbons (Fsp3) is 0.250. The molecule has 0 bridgehead atoms. The van der Waals surface area contributed by atoms with Crippen molar-refractivity contribution in [3.05, 3.63) is 29.8 Å². The summed E-state index contributed by atoms with van der Waals surface area (Å²) in [6, 6.07) is 4.05. The van der Waals surface area contributed by atoms with Gasteiger partial charge in [-0.3, -0.25) is 4.79 Å². The topological polar surface area (TPSA) is 85.8 Å². The highest BCUT2D eigenvalue weighted by Crippen LogP contribution is 2.18. The van der Waals surface area contributed by atoms with E-state index in [1.165, 1.54) is 30.0 Å². The molecule has 0 atom stereocenters. The Morgan fingerprint density at radius 3 is 2.85 bits per heavy atom. The van der Waals surface area contributed by atoms with Crippen molar-refractivity contribution in [3.63, 3.8) is 0 Å². The molecule has 0 radical (unpaired) electrons. The Morgan fingerprint density at radius 2 is 2.25 bits per heavy atom. The van der Waals surface area contributed by atoms with Gasteiger partial charge < -0.3 is 15.6 Å². The number of anilines is 2. The first-order valence-electron chi connectivity index (χ1n) is 5.81. The van der Waals surface area contributed by atoms with E-state index in [-0.39, 0.29) is 17.3 Å². The fourth-order valence-corrected chi connectivity index (χ4v) is 2.22. The Hall–Kier alpha value is -2.09. The molecule has 0 aliphatic rings. The molecule has 2 aromatic rings. The molecule has 0 spiro atoms. The molecule has 0 saturated carbocycles. The molecule has 1 aromatic heterocycles. The van der Waals surface area contributed by atoms with Crippen LogP contribution in [-0.4, -0.2) is 26.4 Å². The van der Waals surface area contributed by atoms with E-state index in [9.17, 15) is 9.18 Å². The van der Waals surface area contributed by atoms with Crippen molar-refractivity contribution in [2.75, 3.05) is 16.8 Å². The standard InChI is InChI=1S/C12H14FN5OS/c1-7-16-17-12(18(7)2)20-6-11(19)15-8-3-4-9(13)10(14)5-8/h3-5H,6,14H2,1-2H3,(H,15,19). The number of aromatic nitrogens is 3. The lowest BCUT2D eigenvalue weighted by atomic mass is 10.2. The lowest BCUT2D eigenvalue weighted by Crippen LogP contribution is -2.14. The number of aryl methyl sites for hydroxylation is 1. The van der Waals surface area contributed by atoms with Crippen molar-refractivity contribution in [1.29, 1.82) is 0 Å². The summed E-state index contributed by atoms with van der Waals surface area (Å²) < 4.78 is 14.8. The van der Waals surface area contributed by atoms with Gasteiger partial charge in [-0.1, -0.05) is 11.8 Å². The van der Waals surface area contributed by atoms with E-state index in [2.05, 4.69) is 15.5 Å². The molecule has 1 aromatic carbocycles. The number of thioether (sulfide) groups is 1. The van der Waals surface area contributed by atoms with E-state index in [0.717, 1.165) is 5.82 Å². The van der Waals surface area contributed by atoms with E-state index in [4.69, 9.17) is 5.73 Å². The Kier molecular flexibility index (Phi) is 4.23. The number of amides is 1. The van der Waals surface area contributed by atoms with E-state index in [1.54, 1.807) is 4.57 Å². The molecule has 0 fully saturated rings. The van der Waals surface area contributed by atoms with Gasteiger partial charge >= 0.3 is 0 Å². The first kappa shape index (κ1) is 14.3. The summed E-state index contributed by atoms with van der Waals surface area (Å²) in [4.78, 5) is 11.8. The average Bonchev–Trinajstić information content (AvgIpc) is 2.72. The van der Waals surface area contributed by atoms with Crippen molar-refractivity contribution in [3.8, 4) is 0 Å². The number of halogens is 1. The first-order valence-corrected chi connectivity index (χ1v) is 6.79. The van der Waals surface area contributed by atoms with Crippen LogP contribution in [0.1, 0.15) is 5.82 Å². The minimum atomic E-state index is -0.507. The number of hydrogen-bond acceptors (Lipinski definition) is 5. The summed E-state index contributed by atoms with van der Waals surface area (Å²) >= 11 is 1.27. The van der Waals surface area contributed by atoms with Gasteiger partial charge in [0, 0.05) is 12.7 Å². The van der Waals surface area contributed by atoms with Crippen LogP contribution in [0.2, 0.25) is 0 Å². The second-order valence-corrected chi connectivity index (χ2v) is 5.10. The van der Waals surface area contributed by atoms with Crippen molar-refractivity contribution in [2.24, 2.45) is 7.05 Å². The van der Waals surface area contributed by atoms with Gasteiger partial charge in [-0.05, 0) is 25.1 Å². The predicted molar refractivity (Wildman–Crippen MR) is 75.9 cm³/mol. The second-order valence-electron chi connectivity index (χ2n) is 4.16. The zero-order chi connectivity index (χ0) is 14.7. The molecule has 0 unspecified atom stereocenters. The first-order chi connectivity index (χ1) is 9.47. The molecular formula is C12H14FN5OS. The number of carbonyl (C=O) groups is 1. The van der Waals surface area contributed by atoms with Crippen LogP contribution in [0.5, 0.6) is 0 Å². The van der Waals surface area contributed by atoms with Crippen molar-refractivity contribution < 1.29 is 9.18 Å². The third kappa shape index (κ3) is 3.27. The van der Waals surface area contributed by atoms with Gasteiger partial charge in [0.2, 0.25) is 5.91 Å². The number of nitrogens with one attached hydrogen (secondary N) is 1. The number of hydrogen-bond donors (Lipinski definition) is 2. The maximum Gasteiger partial charge on any atom is 0.234 e. The molecule has 1 amide bonds. The summed E-state index contributed by atoms with van der Waals surface area (Å²) in [7, 11) is 1.83. The van der Waals surface area contributed by atoms with Crippen LogP contribution in [0.15, 0.2) is 23.4 Å². The van der Waals surface area contributed by atoms with Gasteiger partial charge in [-0.2, -0.15) is 0 Å². The quantitative estimate of drug-likeness (QED) is 0.660. The molecule has 2 rings (SSSR count). The van der Waals surface area contributed by atoms with Gasteiger partial charge in [0.15, 0.2) is 5.16 Å². The number of nitrogens with two attached hydrogens (primary N) is 1. The third-order valence-corrected chi connectivity index (χ3v) is 3.68. The monoisotopic (exact) mass is 295 g/mol. The number of benzene rings is 1. The van der Waals surface area contributed by atoms with Crippen LogP contribution in [0.4, 0.5) is 15.8 Å². The van der Waals surface area contributed by atoms with Gasteiger partial charge in [-0.25, -0.2) is 4.39 Å². The molecule has 8 heteroatoms. The minimum Gasteiger partial charge on any atom is -0.396 e. The molecule has 106 valence electrons. The Labute approximate surface area is 119 Å². The maximum atomic E-state index is 13.0. The maximum absolute atomic E-state index is 13.0. The lowest BCUT2D eigenvalue weighted by Gasteiger charge is -2.06. The Bertz CT molecular complexity index is 643.